The molecule has 0 radical (unpaired) electrons. The topological polar surface area (TPSA) is 84.3 Å². The van der Waals surface area contributed by atoms with Gasteiger partial charge in [0.15, 0.2) is 6.10 Å². The van der Waals surface area contributed by atoms with E-state index in [0.29, 0.717) is 41.1 Å². The highest BCUT2D eigenvalue weighted by Crippen LogP contribution is 2.35. The van der Waals surface area contributed by atoms with Gasteiger partial charge in [0.25, 0.3) is 11.8 Å². The molecule has 2 fully saturated rings. The Bertz CT molecular complexity index is 1190. The lowest BCUT2D eigenvalue weighted by atomic mass is 9.78. The number of likely N-dealkylation sites (tertiary alicyclic amines) is 1. The van der Waals surface area contributed by atoms with Gasteiger partial charge in [-0.05, 0) is 61.3 Å². The molecule has 238 valence electrons. The number of benzene rings is 2. The molecule has 2 aliphatic rings. The van der Waals surface area contributed by atoms with Crippen LogP contribution in [0.1, 0.15) is 47.7 Å². The molecule has 0 aromatic heterocycles. The summed E-state index contributed by atoms with van der Waals surface area (Å²) in [6, 6.07) is 14.7. The second kappa shape index (κ2) is 15.7. The van der Waals surface area contributed by atoms with Crippen molar-refractivity contribution >= 4 is 29.1 Å². The number of carbonyl (C=O) groups is 2. The van der Waals surface area contributed by atoms with E-state index < -0.39 is 18.7 Å². The van der Waals surface area contributed by atoms with Crippen LogP contribution in [0.15, 0.2) is 48.5 Å². The summed E-state index contributed by atoms with van der Waals surface area (Å²) in [4.78, 5) is 30.9. The van der Waals surface area contributed by atoms with Gasteiger partial charge in [-0.15, -0.1) is 0 Å². The molecule has 43 heavy (non-hydrogen) atoms. The normalized spacial score (nSPS) is 17.3. The highest BCUT2D eigenvalue weighted by atomic mass is 35.5. The molecule has 13 heteroatoms. The third-order valence-electron chi connectivity index (χ3n) is 7.98. The van der Waals surface area contributed by atoms with Crippen LogP contribution in [-0.4, -0.2) is 90.8 Å². The minimum absolute atomic E-state index is 0.0855. The standard InChI is InChI=1S/C28H36ClN3O4.C2HF5/c1-30(17-18-33)27(35)24-8-7-23(19-25(24)29)31-13-9-20(10-14-31)21-11-15-32(16-12-21)28(36)26(34)22-5-3-2-4-6-22;3-1(4)2(5,6)7/h2-8,19-21,26,33-34H,9-18H2,1H3;1H. The lowest BCUT2D eigenvalue weighted by Gasteiger charge is -2.41. The number of halogens is 6. The first-order valence-electron chi connectivity index (χ1n) is 14.1. The van der Waals surface area contributed by atoms with E-state index in [2.05, 4.69) is 4.90 Å². The Morgan fingerprint density at radius 2 is 1.51 bits per heavy atom. The van der Waals surface area contributed by atoms with E-state index in [1.807, 2.05) is 35.2 Å². The predicted octanol–water partition coefficient (Wildman–Crippen LogP) is 5.41. The Labute approximate surface area is 252 Å². The molecule has 2 saturated heterocycles. The van der Waals surface area contributed by atoms with Gasteiger partial charge < -0.3 is 24.9 Å². The maximum absolute atomic E-state index is 12.8. The van der Waals surface area contributed by atoms with Crippen molar-refractivity contribution in [3.63, 3.8) is 0 Å². The zero-order chi connectivity index (χ0) is 31.7. The minimum atomic E-state index is -5.33. The number of anilines is 1. The van der Waals surface area contributed by atoms with E-state index in [1.54, 1.807) is 25.2 Å². The molecule has 2 aromatic rings. The van der Waals surface area contributed by atoms with E-state index in [9.17, 15) is 36.6 Å². The lowest BCUT2D eigenvalue weighted by molar-refractivity contribution is -0.219. The van der Waals surface area contributed by atoms with Crippen molar-refractivity contribution < 1.29 is 41.8 Å². The molecule has 0 saturated carbocycles. The zero-order valence-electron chi connectivity index (χ0n) is 23.8. The molecule has 2 amide bonds. The molecule has 2 aliphatic heterocycles. The van der Waals surface area contributed by atoms with Crippen molar-refractivity contribution in [1.29, 1.82) is 0 Å². The van der Waals surface area contributed by atoms with Crippen LogP contribution in [0.5, 0.6) is 0 Å². The summed E-state index contributed by atoms with van der Waals surface area (Å²) in [5.41, 5.74) is 2.12. The molecule has 0 bridgehead atoms. The van der Waals surface area contributed by atoms with Crippen LogP contribution in [0.4, 0.5) is 27.6 Å². The molecule has 4 rings (SSSR count). The highest BCUT2D eigenvalue weighted by molar-refractivity contribution is 6.34. The van der Waals surface area contributed by atoms with E-state index in [-0.39, 0.29) is 25.0 Å². The fourth-order valence-electron chi connectivity index (χ4n) is 5.50. The van der Waals surface area contributed by atoms with Crippen molar-refractivity contribution in [1.82, 2.24) is 9.80 Å². The van der Waals surface area contributed by atoms with E-state index in [1.165, 1.54) is 4.90 Å². The first-order valence-corrected chi connectivity index (χ1v) is 14.5. The number of carbonyl (C=O) groups excluding carboxylic acids is 2. The number of likely N-dealkylation sites (N-methyl/N-ethyl adjacent to an activating group) is 1. The average Bonchev–Trinajstić information content (AvgIpc) is 3.00. The van der Waals surface area contributed by atoms with Crippen molar-refractivity contribution in [3.05, 3.63) is 64.7 Å². The maximum atomic E-state index is 12.8. The summed E-state index contributed by atoms with van der Waals surface area (Å²) in [6.07, 6.45) is -6.50. The number of amides is 2. The molecule has 2 aromatic carbocycles. The smallest absolute Gasteiger partial charge is 0.395 e. The van der Waals surface area contributed by atoms with Crippen LogP contribution >= 0.6 is 11.6 Å². The van der Waals surface area contributed by atoms with Gasteiger partial charge in [0.1, 0.15) is 0 Å². The highest BCUT2D eigenvalue weighted by Gasteiger charge is 2.40. The van der Waals surface area contributed by atoms with Crippen LogP contribution in [0.3, 0.4) is 0 Å². The van der Waals surface area contributed by atoms with E-state index in [0.717, 1.165) is 44.5 Å². The van der Waals surface area contributed by atoms with Crippen LogP contribution in [0, 0.1) is 11.8 Å². The number of alkyl halides is 5. The van der Waals surface area contributed by atoms with Crippen molar-refractivity contribution in [3.8, 4) is 0 Å². The number of piperidine rings is 2. The molecule has 1 unspecified atom stereocenters. The quantitative estimate of drug-likeness (QED) is 0.399. The van der Waals surface area contributed by atoms with Gasteiger partial charge >= 0.3 is 12.6 Å². The number of aliphatic hydroxyl groups excluding tert-OH is 2. The Balaban J connectivity index is 0.000000646. The summed E-state index contributed by atoms with van der Waals surface area (Å²) in [5, 5.41) is 20.0. The Kier molecular flexibility index (Phi) is 12.6. The largest absolute Gasteiger partial charge is 0.450 e. The molecule has 2 heterocycles. The van der Waals surface area contributed by atoms with Crippen LogP contribution in [0.25, 0.3) is 0 Å². The van der Waals surface area contributed by atoms with Crippen molar-refractivity contribution in [2.24, 2.45) is 11.8 Å². The lowest BCUT2D eigenvalue weighted by Crippen LogP contribution is -2.44. The maximum Gasteiger partial charge on any atom is 0.450 e. The van der Waals surface area contributed by atoms with Crippen molar-refractivity contribution in [2.75, 3.05) is 51.3 Å². The molecule has 2 N–H and O–H groups in total. The van der Waals surface area contributed by atoms with Gasteiger partial charge in [-0.2, -0.15) is 13.2 Å². The van der Waals surface area contributed by atoms with Gasteiger partial charge in [-0.3, -0.25) is 9.59 Å². The minimum Gasteiger partial charge on any atom is -0.395 e. The number of hydrogen-bond acceptors (Lipinski definition) is 5. The number of nitrogens with zero attached hydrogens (tertiary/aromatic N) is 3. The summed E-state index contributed by atoms with van der Waals surface area (Å²) >= 11 is 6.45. The molecule has 7 nitrogen and oxygen atoms in total. The Morgan fingerprint density at radius 1 is 0.977 bits per heavy atom. The first-order chi connectivity index (χ1) is 20.3. The third-order valence-corrected chi connectivity index (χ3v) is 8.30. The van der Waals surface area contributed by atoms with E-state index in [4.69, 9.17) is 16.7 Å². The predicted molar refractivity (Wildman–Crippen MR) is 153 cm³/mol. The second-order valence-electron chi connectivity index (χ2n) is 10.8. The fraction of sp³-hybridized carbons (Fsp3) is 0.533. The third kappa shape index (κ3) is 9.51. The monoisotopic (exact) mass is 633 g/mol. The summed E-state index contributed by atoms with van der Waals surface area (Å²) in [6.45, 7) is 3.45. The second-order valence-corrected chi connectivity index (χ2v) is 11.2. The van der Waals surface area contributed by atoms with Gasteiger partial charge in [0.2, 0.25) is 0 Å². The summed E-state index contributed by atoms with van der Waals surface area (Å²) in [5.74, 6) is 0.827. The Morgan fingerprint density at radius 3 is 2.00 bits per heavy atom. The fourth-order valence-corrected chi connectivity index (χ4v) is 5.76. The zero-order valence-corrected chi connectivity index (χ0v) is 24.6. The van der Waals surface area contributed by atoms with Gasteiger partial charge in [0, 0.05) is 45.5 Å². The van der Waals surface area contributed by atoms with Crippen LogP contribution < -0.4 is 4.90 Å². The Hall–Kier alpha value is -2.96. The summed E-state index contributed by atoms with van der Waals surface area (Å²) in [7, 11) is 1.65. The number of aliphatic hydroxyl groups is 2. The number of hydrogen-bond donors (Lipinski definition) is 2. The molecule has 0 spiro atoms. The molecular weight excluding hydrogens is 597 g/mol. The number of rotatable bonds is 7. The molecule has 1 atom stereocenters. The van der Waals surface area contributed by atoms with Crippen molar-refractivity contribution in [2.45, 2.75) is 44.4 Å². The van der Waals surface area contributed by atoms with Gasteiger partial charge in [-0.1, -0.05) is 41.9 Å². The van der Waals surface area contributed by atoms with Gasteiger partial charge in [0.05, 0.1) is 17.2 Å². The van der Waals surface area contributed by atoms with Gasteiger partial charge in [-0.25, -0.2) is 8.78 Å². The average molecular weight is 634 g/mol. The summed E-state index contributed by atoms with van der Waals surface area (Å²) < 4.78 is 52.1. The van der Waals surface area contributed by atoms with Crippen LogP contribution in [0.2, 0.25) is 5.02 Å². The first kappa shape index (κ1) is 34.5. The molecular formula is C30H37ClF5N3O4. The SMILES string of the molecule is CN(CCO)C(=O)c1ccc(N2CCC(C3CCN(C(=O)C(O)c4ccccc4)CC3)CC2)cc1Cl.FC(F)C(F)(F)F. The molecule has 0 aliphatic carbocycles. The van der Waals surface area contributed by atoms with Crippen LogP contribution in [-0.2, 0) is 4.79 Å². The van der Waals surface area contributed by atoms with E-state index >= 15 is 0 Å².